The summed E-state index contributed by atoms with van der Waals surface area (Å²) < 4.78 is 5.56. The van der Waals surface area contributed by atoms with Crippen molar-refractivity contribution in [2.45, 2.75) is 52.0 Å². The van der Waals surface area contributed by atoms with Crippen molar-refractivity contribution in [3.8, 4) is 5.88 Å². The Bertz CT molecular complexity index is 404. The van der Waals surface area contributed by atoms with Gasteiger partial charge in [0.1, 0.15) is 5.82 Å². The summed E-state index contributed by atoms with van der Waals surface area (Å²) in [6.45, 7) is 4.94. The Morgan fingerprint density at radius 2 is 2.21 bits per heavy atom. The van der Waals surface area contributed by atoms with Crippen LogP contribution in [0.25, 0.3) is 0 Å². The van der Waals surface area contributed by atoms with Gasteiger partial charge in [-0.2, -0.15) is 4.98 Å². The largest absolute Gasteiger partial charge is 0.476 e. The molecule has 0 amide bonds. The molecule has 0 aromatic carbocycles. The molecule has 1 aliphatic rings. The van der Waals surface area contributed by atoms with Gasteiger partial charge in [0.25, 0.3) is 0 Å². The second kappa shape index (κ2) is 6.64. The van der Waals surface area contributed by atoms with Crippen LogP contribution in [0.1, 0.15) is 46.0 Å². The average Bonchev–Trinajstić information content (AvgIpc) is 3.22. The first-order valence-corrected chi connectivity index (χ1v) is 7.38. The lowest BCUT2D eigenvalue weighted by Gasteiger charge is -2.18. The number of nitrogens with two attached hydrogens (primary N) is 1. The van der Waals surface area contributed by atoms with E-state index in [0.29, 0.717) is 24.2 Å². The first-order chi connectivity index (χ1) is 9.22. The highest BCUT2D eigenvalue weighted by atomic mass is 16.5. The van der Waals surface area contributed by atoms with Gasteiger partial charge in [-0.05, 0) is 37.3 Å². The molecule has 1 atom stereocenters. The van der Waals surface area contributed by atoms with Crippen LogP contribution in [0.4, 0.5) is 11.5 Å². The Labute approximate surface area is 115 Å². The molecule has 1 saturated carbocycles. The minimum atomic E-state index is 0.502. The first-order valence-electron chi connectivity index (χ1n) is 7.38. The summed E-state index contributed by atoms with van der Waals surface area (Å²) in [6.07, 6.45) is 6.09. The number of anilines is 2. The van der Waals surface area contributed by atoms with Gasteiger partial charge >= 0.3 is 0 Å². The van der Waals surface area contributed by atoms with Crippen LogP contribution in [0.2, 0.25) is 0 Å². The van der Waals surface area contributed by atoms with Crippen LogP contribution < -0.4 is 15.8 Å². The van der Waals surface area contributed by atoms with Gasteiger partial charge in [0.05, 0.1) is 12.3 Å². The minimum Gasteiger partial charge on any atom is -0.476 e. The number of aromatic nitrogens is 1. The molecule has 1 aromatic heterocycles. The van der Waals surface area contributed by atoms with Crippen LogP contribution >= 0.6 is 0 Å². The third-order valence-corrected chi connectivity index (χ3v) is 3.49. The number of rotatable bonds is 8. The maximum atomic E-state index is 5.87. The second-order valence-electron chi connectivity index (χ2n) is 5.37. The fraction of sp³-hybridized carbons (Fsp3) is 0.667. The van der Waals surface area contributed by atoms with Crippen molar-refractivity contribution >= 4 is 11.5 Å². The van der Waals surface area contributed by atoms with Crippen molar-refractivity contribution in [3.05, 3.63) is 12.1 Å². The van der Waals surface area contributed by atoms with E-state index in [1.54, 1.807) is 0 Å². The summed E-state index contributed by atoms with van der Waals surface area (Å²) in [6, 6.07) is 4.30. The lowest BCUT2D eigenvalue weighted by atomic mass is 10.1. The van der Waals surface area contributed by atoms with Gasteiger partial charge in [0.15, 0.2) is 0 Å². The molecule has 4 nitrogen and oxygen atoms in total. The summed E-state index contributed by atoms with van der Waals surface area (Å²) in [7, 11) is 0. The van der Waals surface area contributed by atoms with E-state index in [0.717, 1.165) is 24.6 Å². The maximum Gasteiger partial charge on any atom is 0.239 e. The number of pyridine rings is 1. The molecule has 1 aromatic rings. The molecule has 0 radical (unpaired) electrons. The van der Waals surface area contributed by atoms with E-state index in [1.165, 1.54) is 19.3 Å². The van der Waals surface area contributed by atoms with E-state index in [-0.39, 0.29) is 0 Å². The van der Waals surface area contributed by atoms with Crippen LogP contribution in [-0.2, 0) is 0 Å². The molecule has 106 valence electrons. The molecule has 3 N–H and O–H groups in total. The fourth-order valence-electron chi connectivity index (χ4n) is 2.14. The predicted molar refractivity (Wildman–Crippen MR) is 79.5 cm³/mol. The Kier molecular flexibility index (Phi) is 4.88. The molecule has 0 saturated heterocycles. The van der Waals surface area contributed by atoms with Crippen molar-refractivity contribution in [1.29, 1.82) is 0 Å². The van der Waals surface area contributed by atoms with Crippen LogP contribution in [0.15, 0.2) is 12.1 Å². The maximum absolute atomic E-state index is 5.87. The average molecular weight is 263 g/mol. The smallest absolute Gasteiger partial charge is 0.239 e. The van der Waals surface area contributed by atoms with E-state index < -0.39 is 0 Å². The highest BCUT2D eigenvalue weighted by molar-refractivity contribution is 5.53. The van der Waals surface area contributed by atoms with Gasteiger partial charge < -0.3 is 15.8 Å². The quantitative estimate of drug-likeness (QED) is 0.754. The number of hydrogen-bond donors (Lipinski definition) is 2. The lowest BCUT2D eigenvalue weighted by Crippen LogP contribution is -2.20. The van der Waals surface area contributed by atoms with E-state index >= 15 is 0 Å². The number of nitrogens with one attached hydrogen (secondary N) is 1. The third kappa shape index (κ3) is 4.30. The lowest BCUT2D eigenvalue weighted by molar-refractivity contribution is 0.307. The van der Waals surface area contributed by atoms with Gasteiger partial charge in [-0.1, -0.05) is 26.7 Å². The van der Waals surface area contributed by atoms with Crippen LogP contribution in [0.3, 0.4) is 0 Å². The molecule has 0 spiro atoms. The van der Waals surface area contributed by atoms with Crippen molar-refractivity contribution in [3.63, 3.8) is 0 Å². The summed E-state index contributed by atoms with van der Waals surface area (Å²) in [5.41, 5.74) is 6.47. The molecule has 4 heteroatoms. The molecule has 0 aliphatic heterocycles. The van der Waals surface area contributed by atoms with Crippen molar-refractivity contribution in [1.82, 2.24) is 4.98 Å². The van der Waals surface area contributed by atoms with Crippen molar-refractivity contribution < 1.29 is 4.74 Å². The van der Waals surface area contributed by atoms with E-state index in [2.05, 4.69) is 24.1 Å². The zero-order chi connectivity index (χ0) is 13.7. The second-order valence-corrected chi connectivity index (χ2v) is 5.37. The number of ether oxygens (including phenoxy) is 1. The molecular weight excluding hydrogens is 238 g/mol. The summed E-state index contributed by atoms with van der Waals surface area (Å²) in [4.78, 5) is 4.47. The van der Waals surface area contributed by atoms with Crippen LogP contribution in [0, 0.1) is 5.92 Å². The molecule has 19 heavy (non-hydrogen) atoms. The monoisotopic (exact) mass is 263 g/mol. The summed E-state index contributed by atoms with van der Waals surface area (Å²) >= 11 is 0. The number of nitrogen functional groups attached to an aromatic ring is 1. The van der Waals surface area contributed by atoms with E-state index in [4.69, 9.17) is 10.5 Å². The third-order valence-electron chi connectivity index (χ3n) is 3.49. The van der Waals surface area contributed by atoms with E-state index in [9.17, 15) is 0 Å². The Balaban J connectivity index is 1.97. The van der Waals surface area contributed by atoms with Crippen molar-refractivity contribution in [2.24, 2.45) is 5.92 Å². The zero-order valence-electron chi connectivity index (χ0n) is 12.0. The normalized spacial score (nSPS) is 16.1. The van der Waals surface area contributed by atoms with Gasteiger partial charge in [0, 0.05) is 6.04 Å². The SMILES string of the molecule is CCCOc1nc(NC(CC)CC2CC2)ccc1N. The molecule has 2 rings (SSSR count). The Hall–Kier alpha value is -1.45. The molecule has 0 bridgehead atoms. The predicted octanol–water partition coefficient (Wildman–Crippen LogP) is 3.44. The highest BCUT2D eigenvalue weighted by Gasteiger charge is 2.24. The fourth-order valence-corrected chi connectivity index (χ4v) is 2.14. The highest BCUT2D eigenvalue weighted by Crippen LogP contribution is 2.34. The van der Waals surface area contributed by atoms with Gasteiger partial charge in [-0.3, -0.25) is 0 Å². The van der Waals surface area contributed by atoms with Gasteiger partial charge in [-0.25, -0.2) is 0 Å². The molecule has 1 heterocycles. The number of hydrogen-bond acceptors (Lipinski definition) is 4. The molecule has 1 unspecified atom stereocenters. The van der Waals surface area contributed by atoms with Crippen LogP contribution in [0.5, 0.6) is 5.88 Å². The zero-order valence-corrected chi connectivity index (χ0v) is 12.0. The topological polar surface area (TPSA) is 60.2 Å². The minimum absolute atomic E-state index is 0.502. The standard InChI is InChI=1S/C15H25N3O/c1-3-9-19-15-13(16)7-8-14(18-15)17-12(4-2)10-11-5-6-11/h7-8,11-12H,3-6,9-10,16H2,1-2H3,(H,17,18). The van der Waals surface area contributed by atoms with Gasteiger partial charge in [-0.15, -0.1) is 0 Å². The molecular formula is C15H25N3O. The first kappa shape index (κ1) is 14.0. The Morgan fingerprint density at radius 3 is 2.84 bits per heavy atom. The Morgan fingerprint density at radius 1 is 1.42 bits per heavy atom. The van der Waals surface area contributed by atoms with E-state index in [1.807, 2.05) is 12.1 Å². The number of nitrogens with zero attached hydrogens (tertiary/aromatic N) is 1. The summed E-state index contributed by atoms with van der Waals surface area (Å²) in [5, 5.41) is 3.50. The van der Waals surface area contributed by atoms with Crippen molar-refractivity contribution in [2.75, 3.05) is 17.7 Å². The van der Waals surface area contributed by atoms with Gasteiger partial charge in [0.2, 0.25) is 5.88 Å². The summed E-state index contributed by atoms with van der Waals surface area (Å²) in [5.74, 6) is 2.34. The van der Waals surface area contributed by atoms with Crippen LogP contribution in [-0.4, -0.2) is 17.6 Å². The molecule has 1 fully saturated rings. The molecule has 1 aliphatic carbocycles.